The fourth-order valence-corrected chi connectivity index (χ4v) is 3.91. The third kappa shape index (κ3) is 9.79. The van der Waals surface area contributed by atoms with E-state index < -0.39 is 41.6 Å². The Kier molecular flexibility index (Phi) is 11.3. The van der Waals surface area contributed by atoms with Crippen LogP contribution >= 0.6 is 0 Å². The number of aromatic hydroxyl groups is 2. The van der Waals surface area contributed by atoms with Crippen LogP contribution in [0.2, 0.25) is 0 Å². The van der Waals surface area contributed by atoms with Gasteiger partial charge >= 0.3 is 12.1 Å². The average Bonchev–Trinajstić information content (AvgIpc) is 2.85. The summed E-state index contributed by atoms with van der Waals surface area (Å²) in [5.74, 6) is -1.55. The van der Waals surface area contributed by atoms with Crippen molar-refractivity contribution in [2.45, 2.75) is 65.1 Å². The Bertz CT molecular complexity index is 1190. The maximum absolute atomic E-state index is 13.9. The molecule has 0 fully saturated rings. The Morgan fingerprint density at radius 3 is 2.25 bits per heavy atom. The zero-order chi connectivity index (χ0) is 30.0. The molecule has 0 aliphatic heterocycles. The summed E-state index contributed by atoms with van der Waals surface area (Å²) in [4.78, 5) is 52.9. The zero-order valence-electron chi connectivity index (χ0n) is 23.8. The number of carbonyl (C=O) groups excluding carboxylic acids is 4. The summed E-state index contributed by atoms with van der Waals surface area (Å²) in [7, 11) is 1.43. The molecule has 2 aromatic rings. The lowest BCUT2D eigenvalue weighted by atomic mass is 9.99. The molecule has 4 N–H and O–H groups in total. The first kappa shape index (κ1) is 31.9. The normalized spacial score (nSPS) is 12.6. The van der Waals surface area contributed by atoms with Gasteiger partial charge in [-0.05, 0) is 75.6 Å². The molecule has 0 bridgehead atoms. The summed E-state index contributed by atoms with van der Waals surface area (Å²) in [5.41, 5.74) is 0.750. The first-order valence-corrected chi connectivity index (χ1v) is 13.0. The van der Waals surface area contributed by atoms with E-state index in [9.17, 15) is 29.4 Å². The van der Waals surface area contributed by atoms with Crippen molar-refractivity contribution in [2.24, 2.45) is 0 Å². The van der Waals surface area contributed by atoms with Gasteiger partial charge in [-0.25, -0.2) is 4.79 Å². The monoisotopic (exact) mass is 557 g/mol. The zero-order valence-corrected chi connectivity index (χ0v) is 23.8. The second kappa shape index (κ2) is 14.2. The van der Waals surface area contributed by atoms with E-state index in [1.807, 2.05) is 0 Å². The summed E-state index contributed by atoms with van der Waals surface area (Å²) in [6, 6.07) is 8.43. The van der Waals surface area contributed by atoms with Crippen LogP contribution in [0, 0.1) is 6.92 Å². The minimum atomic E-state index is -1.16. The lowest BCUT2D eigenvalue weighted by molar-refractivity contribution is -0.143. The molecule has 0 saturated carbocycles. The van der Waals surface area contributed by atoms with Gasteiger partial charge in [0.1, 0.15) is 29.2 Å². The van der Waals surface area contributed by atoms with E-state index in [-0.39, 0.29) is 37.5 Å². The molecule has 0 aliphatic carbocycles. The largest absolute Gasteiger partial charge is 0.508 e. The van der Waals surface area contributed by atoms with Crippen molar-refractivity contribution in [2.75, 3.05) is 20.2 Å². The van der Waals surface area contributed by atoms with Gasteiger partial charge in [0.2, 0.25) is 11.8 Å². The second-order valence-corrected chi connectivity index (χ2v) is 10.3. The first-order valence-electron chi connectivity index (χ1n) is 13.0. The molecule has 0 spiro atoms. The minimum Gasteiger partial charge on any atom is -0.508 e. The fraction of sp³-hybridized carbons (Fsp3) is 0.448. The summed E-state index contributed by atoms with van der Waals surface area (Å²) in [5, 5.41) is 24.9. The van der Waals surface area contributed by atoms with Crippen molar-refractivity contribution in [3.63, 3.8) is 0 Å². The number of nitrogens with one attached hydrogen (secondary N) is 2. The van der Waals surface area contributed by atoms with E-state index >= 15 is 0 Å². The SMILES string of the molecule is CCOC(=O)CCNC(=O)C(c1ccc(O)c(C)c1)N(C)C(=O)C(Cc1ccc(O)cc1)NC(=O)OC(C)(C)C. The van der Waals surface area contributed by atoms with E-state index in [1.165, 1.54) is 36.2 Å². The Balaban J connectivity index is 2.39. The standard InChI is InChI=1S/C29H39N3O8/c1-7-39-24(35)14-15-30-26(36)25(20-10-13-23(34)18(2)16-20)32(6)27(37)22(31-28(38)40-29(3,4)5)17-19-8-11-21(33)12-9-19/h8-13,16,22,25,33-34H,7,14-15,17H2,1-6H3,(H,30,36)(H,31,38). The number of phenols is 2. The molecule has 0 aliphatic rings. The fourth-order valence-electron chi connectivity index (χ4n) is 3.91. The molecular weight excluding hydrogens is 518 g/mol. The number of ether oxygens (including phenoxy) is 2. The van der Waals surface area contributed by atoms with Crippen LogP contribution in [-0.4, -0.2) is 70.8 Å². The van der Waals surface area contributed by atoms with E-state index in [4.69, 9.17) is 9.47 Å². The van der Waals surface area contributed by atoms with Gasteiger partial charge < -0.3 is 35.2 Å². The molecule has 0 heterocycles. The number of nitrogens with zero attached hydrogens (tertiary/aromatic N) is 1. The van der Waals surface area contributed by atoms with Crippen molar-refractivity contribution in [3.8, 4) is 11.5 Å². The van der Waals surface area contributed by atoms with Crippen LogP contribution in [-0.2, 0) is 30.3 Å². The number of alkyl carbamates (subject to hydrolysis) is 1. The van der Waals surface area contributed by atoms with Gasteiger partial charge in [-0.2, -0.15) is 0 Å². The average molecular weight is 558 g/mol. The number of likely N-dealkylation sites (N-methyl/N-ethyl adjacent to an activating group) is 1. The lowest BCUT2D eigenvalue weighted by Crippen LogP contribution is -2.52. The number of aryl methyl sites for hydroxylation is 1. The molecule has 0 saturated heterocycles. The molecule has 0 aromatic heterocycles. The molecular formula is C29H39N3O8. The molecule has 2 atom stereocenters. The van der Waals surface area contributed by atoms with Gasteiger partial charge in [-0.15, -0.1) is 0 Å². The number of hydrogen-bond acceptors (Lipinski definition) is 8. The Morgan fingerprint density at radius 2 is 1.68 bits per heavy atom. The van der Waals surface area contributed by atoms with Crippen LogP contribution < -0.4 is 10.6 Å². The molecule has 40 heavy (non-hydrogen) atoms. The number of rotatable bonds is 11. The van der Waals surface area contributed by atoms with Crippen LogP contribution in [0.15, 0.2) is 42.5 Å². The number of phenolic OH excluding ortho intramolecular Hbond substituents is 2. The predicted octanol–water partition coefficient (Wildman–Crippen LogP) is 3.11. The number of hydrogen-bond donors (Lipinski definition) is 4. The molecule has 2 rings (SSSR count). The lowest BCUT2D eigenvalue weighted by Gasteiger charge is -2.32. The molecule has 0 radical (unpaired) electrons. The van der Waals surface area contributed by atoms with Gasteiger partial charge in [0.25, 0.3) is 0 Å². The maximum Gasteiger partial charge on any atom is 0.408 e. The minimum absolute atomic E-state index is 0.0135. The van der Waals surface area contributed by atoms with E-state index in [0.29, 0.717) is 16.7 Å². The first-order chi connectivity index (χ1) is 18.7. The summed E-state index contributed by atoms with van der Waals surface area (Å²) < 4.78 is 10.3. The molecule has 11 nitrogen and oxygen atoms in total. The smallest absolute Gasteiger partial charge is 0.408 e. The number of esters is 1. The molecule has 3 amide bonds. The highest BCUT2D eigenvalue weighted by Crippen LogP contribution is 2.26. The van der Waals surface area contributed by atoms with Gasteiger partial charge in [-0.3, -0.25) is 14.4 Å². The van der Waals surface area contributed by atoms with E-state index in [2.05, 4.69) is 10.6 Å². The van der Waals surface area contributed by atoms with E-state index in [1.54, 1.807) is 52.8 Å². The van der Waals surface area contributed by atoms with Crippen molar-refractivity contribution in [1.82, 2.24) is 15.5 Å². The van der Waals surface area contributed by atoms with Crippen LogP contribution in [0.25, 0.3) is 0 Å². The number of amides is 3. The Morgan fingerprint density at radius 1 is 1.02 bits per heavy atom. The van der Waals surface area contributed by atoms with Crippen molar-refractivity contribution in [3.05, 3.63) is 59.2 Å². The van der Waals surface area contributed by atoms with E-state index in [0.717, 1.165) is 0 Å². The quantitative estimate of drug-likeness (QED) is 0.307. The van der Waals surface area contributed by atoms with Gasteiger partial charge in [0, 0.05) is 20.0 Å². The van der Waals surface area contributed by atoms with Crippen LogP contribution in [0.5, 0.6) is 11.5 Å². The van der Waals surface area contributed by atoms with Gasteiger partial charge in [0.15, 0.2) is 0 Å². The number of benzene rings is 2. The van der Waals surface area contributed by atoms with Crippen LogP contribution in [0.4, 0.5) is 4.79 Å². The molecule has 2 aromatic carbocycles. The molecule has 218 valence electrons. The maximum atomic E-state index is 13.9. The summed E-state index contributed by atoms with van der Waals surface area (Å²) in [6.07, 6.45) is -0.814. The summed E-state index contributed by atoms with van der Waals surface area (Å²) in [6.45, 7) is 8.62. The van der Waals surface area contributed by atoms with Crippen LogP contribution in [0.3, 0.4) is 0 Å². The second-order valence-electron chi connectivity index (χ2n) is 10.3. The highest BCUT2D eigenvalue weighted by Gasteiger charge is 2.34. The Labute approximate surface area is 234 Å². The van der Waals surface area contributed by atoms with Crippen LogP contribution in [0.1, 0.15) is 56.8 Å². The van der Waals surface area contributed by atoms with Gasteiger partial charge in [0.05, 0.1) is 13.0 Å². The highest BCUT2D eigenvalue weighted by atomic mass is 16.6. The molecule has 11 heteroatoms. The van der Waals surface area contributed by atoms with Gasteiger partial charge in [-0.1, -0.05) is 18.2 Å². The predicted molar refractivity (Wildman–Crippen MR) is 148 cm³/mol. The Hall–Kier alpha value is -4.28. The highest BCUT2D eigenvalue weighted by molar-refractivity contribution is 5.92. The van der Waals surface area contributed by atoms with Crippen molar-refractivity contribution >= 4 is 23.9 Å². The topological polar surface area (TPSA) is 154 Å². The summed E-state index contributed by atoms with van der Waals surface area (Å²) >= 11 is 0. The molecule has 2 unspecified atom stereocenters. The van der Waals surface area contributed by atoms with Crippen molar-refractivity contribution in [1.29, 1.82) is 0 Å². The third-order valence-electron chi connectivity index (χ3n) is 5.82. The van der Waals surface area contributed by atoms with Crippen molar-refractivity contribution < 1.29 is 38.9 Å². The number of carbonyl (C=O) groups is 4. The third-order valence-corrected chi connectivity index (χ3v) is 5.82.